The number of cyclic esters (lactones) is 1. The average Bonchev–Trinajstić information content (AvgIpc) is 3.27. The molecule has 2 aromatic heterocycles. The highest BCUT2D eigenvalue weighted by Gasteiger charge is 2.31. The van der Waals surface area contributed by atoms with Crippen molar-refractivity contribution >= 4 is 49.3 Å². The molecule has 0 unspecified atom stereocenters. The number of carbonyl (C=O) groups is 1. The number of thiazole rings is 1. The molecule has 2 aromatic carbocycles. The molecule has 28 heavy (non-hydrogen) atoms. The summed E-state index contributed by atoms with van der Waals surface area (Å²) in [7, 11) is 0. The fourth-order valence-corrected chi connectivity index (χ4v) is 4.21. The molecule has 0 saturated heterocycles. The first kappa shape index (κ1) is 17.2. The number of rotatable bonds is 3. The van der Waals surface area contributed by atoms with Crippen molar-refractivity contribution in [2.75, 3.05) is 5.32 Å². The van der Waals surface area contributed by atoms with Crippen LogP contribution < -0.4 is 10.9 Å². The Morgan fingerprint density at radius 1 is 1.07 bits per heavy atom. The number of fused-ring (bicyclic) bond motifs is 2. The van der Waals surface area contributed by atoms with E-state index < -0.39 is 11.9 Å². The van der Waals surface area contributed by atoms with Crippen molar-refractivity contribution in [1.82, 2.24) is 4.98 Å². The molecule has 6 nitrogen and oxygen atoms in total. The summed E-state index contributed by atoms with van der Waals surface area (Å²) in [6.07, 6.45) is -0.605. The number of aromatic nitrogens is 1. The quantitative estimate of drug-likeness (QED) is 0.348. The second-order valence-electron chi connectivity index (χ2n) is 6.18. The maximum Gasteiger partial charge on any atom is 0.345 e. The first-order valence-corrected chi connectivity index (χ1v) is 10.0. The van der Waals surface area contributed by atoms with Crippen molar-refractivity contribution in [3.63, 3.8) is 0 Å². The van der Waals surface area contributed by atoms with Gasteiger partial charge in [-0.3, -0.25) is 0 Å². The van der Waals surface area contributed by atoms with Gasteiger partial charge in [0.05, 0.1) is 16.8 Å². The molecule has 0 fully saturated rings. The molecule has 0 spiro atoms. The van der Waals surface area contributed by atoms with Gasteiger partial charge in [-0.15, -0.1) is 11.3 Å². The lowest BCUT2D eigenvalue weighted by atomic mass is 10.1. The van der Waals surface area contributed by atoms with Gasteiger partial charge in [-0.2, -0.15) is 0 Å². The Labute approximate surface area is 170 Å². The summed E-state index contributed by atoms with van der Waals surface area (Å²) in [6, 6.07) is 14.4. The second-order valence-corrected chi connectivity index (χ2v) is 7.96. The third kappa shape index (κ3) is 2.90. The van der Waals surface area contributed by atoms with E-state index in [-0.39, 0.29) is 5.97 Å². The third-order valence-corrected chi connectivity index (χ3v) is 5.68. The minimum absolute atomic E-state index is 0.370. The van der Waals surface area contributed by atoms with Crippen LogP contribution in [0.3, 0.4) is 0 Å². The van der Waals surface area contributed by atoms with Crippen LogP contribution in [0, 0.1) is 0 Å². The number of anilines is 1. The van der Waals surface area contributed by atoms with Crippen molar-refractivity contribution in [1.29, 1.82) is 0 Å². The van der Waals surface area contributed by atoms with Crippen molar-refractivity contribution in [3.8, 4) is 11.3 Å². The molecule has 0 saturated carbocycles. The molecule has 8 heteroatoms. The standard InChI is InChI=1S/C20H11BrN2O4S/c21-11-5-6-16-10(7-11)8-14(19(25)26-16)15-9-28-20(22-15)23-17-12-3-1-2-4-13(12)18(24)27-17/h1-9,17H,(H,22,23)/t17-/m0/s1. The zero-order chi connectivity index (χ0) is 19.3. The number of halogens is 1. The Balaban J connectivity index is 1.47. The smallest absolute Gasteiger partial charge is 0.345 e. The van der Waals surface area contributed by atoms with Crippen LogP contribution in [0.1, 0.15) is 22.1 Å². The fraction of sp³-hybridized carbons (Fsp3) is 0.0500. The summed E-state index contributed by atoms with van der Waals surface area (Å²) in [5.74, 6) is -0.370. The number of hydrogen-bond acceptors (Lipinski definition) is 7. The van der Waals surface area contributed by atoms with Crippen molar-refractivity contribution in [2.24, 2.45) is 0 Å². The van der Waals surface area contributed by atoms with E-state index in [0.717, 1.165) is 15.4 Å². The molecule has 0 amide bonds. The highest BCUT2D eigenvalue weighted by Crippen LogP contribution is 2.33. The maximum absolute atomic E-state index is 12.4. The minimum Gasteiger partial charge on any atom is -0.434 e. The molecule has 0 aliphatic carbocycles. The lowest BCUT2D eigenvalue weighted by molar-refractivity contribution is 0.0437. The molecular weight excluding hydrogens is 444 g/mol. The van der Waals surface area contributed by atoms with Crippen molar-refractivity contribution in [2.45, 2.75) is 6.23 Å². The molecule has 1 atom stereocenters. The summed E-state index contributed by atoms with van der Waals surface area (Å²) < 4.78 is 11.7. The predicted molar refractivity (Wildman–Crippen MR) is 110 cm³/mol. The number of hydrogen-bond donors (Lipinski definition) is 1. The molecule has 0 bridgehead atoms. The largest absolute Gasteiger partial charge is 0.434 e. The average molecular weight is 455 g/mol. The summed E-state index contributed by atoms with van der Waals surface area (Å²) in [4.78, 5) is 28.8. The molecule has 1 aliphatic rings. The van der Waals surface area contributed by atoms with Gasteiger partial charge in [-0.25, -0.2) is 14.6 Å². The topological polar surface area (TPSA) is 81.4 Å². The number of esters is 1. The van der Waals surface area contributed by atoms with E-state index in [9.17, 15) is 9.59 Å². The number of nitrogens with one attached hydrogen (secondary N) is 1. The van der Waals surface area contributed by atoms with Gasteiger partial charge in [0.1, 0.15) is 5.58 Å². The second kappa shape index (κ2) is 6.57. The molecular formula is C20H11BrN2O4S. The Kier molecular flexibility index (Phi) is 4.03. The molecule has 1 N–H and O–H groups in total. The number of ether oxygens (including phenoxy) is 1. The van der Waals surface area contributed by atoms with Crippen LogP contribution in [-0.4, -0.2) is 11.0 Å². The van der Waals surface area contributed by atoms with Crippen molar-refractivity contribution in [3.05, 3.63) is 79.9 Å². The Morgan fingerprint density at radius 2 is 1.93 bits per heavy atom. The van der Waals surface area contributed by atoms with Gasteiger partial charge in [-0.05, 0) is 30.3 Å². The van der Waals surface area contributed by atoms with Crippen LogP contribution in [0.5, 0.6) is 0 Å². The van der Waals surface area contributed by atoms with Gasteiger partial charge in [0.2, 0.25) is 6.23 Å². The van der Waals surface area contributed by atoms with Crippen LogP contribution in [0.15, 0.2) is 67.6 Å². The first-order valence-electron chi connectivity index (χ1n) is 8.34. The van der Waals surface area contributed by atoms with Crippen LogP contribution in [0.25, 0.3) is 22.2 Å². The minimum atomic E-state index is -0.605. The normalized spacial score (nSPS) is 15.5. The zero-order valence-electron chi connectivity index (χ0n) is 14.1. The number of benzene rings is 2. The lowest BCUT2D eigenvalue weighted by Gasteiger charge is -2.11. The predicted octanol–water partition coefficient (Wildman–Crippen LogP) is 4.96. The number of nitrogens with zero attached hydrogens (tertiary/aromatic N) is 1. The van der Waals surface area contributed by atoms with Crippen LogP contribution in [0.4, 0.5) is 5.13 Å². The van der Waals surface area contributed by atoms with Crippen LogP contribution >= 0.6 is 27.3 Å². The van der Waals surface area contributed by atoms with E-state index in [0.29, 0.717) is 27.5 Å². The van der Waals surface area contributed by atoms with E-state index in [2.05, 4.69) is 26.2 Å². The van der Waals surface area contributed by atoms with E-state index in [1.54, 1.807) is 29.6 Å². The molecule has 4 aromatic rings. The number of carbonyl (C=O) groups excluding carboxylic acids is 1. The maximum atomic E-state index is 12.4. The monoisotopic (exact) mass is 454 g/mol. The van der Waals surface area contributed by atoms with Crippen LogP contribution in [0.2, 0.25) is 0 Å². The third-order valence-electron chi connectivity index (χ3n) is 4.42. The highest BCUT2D eigenvalue weighted by atomic mass is 79.9. The summed E-state index contributed by atoms with van der Waals surface area (Å²) >= 11 is 4.74. The summed E-state index contributed by atoms with van der Waals surface area (Å²) in [6.45, 7) is 0. The Bertz CT molecular complexity index is 1300. The lowest BCUT2D eigenvalue weighted by Crippen LogP contribution is -2.10. The van der Waals surface area contributed by atoms with Gasteiger partial charge in [0.15, 0.2) is 5.13 Å². The van der Waals surface area contributed by atoms with Gasteiger partial charge in [0, 0.05) is 20.8 Å². The van der Waals surface area contributed by atoms with E-state index in [1.807, 2.05) is 24.3 Å². The zero-order valence-corrected chi connectivity index (χ0v) is 16.5. The molecule has 0 radical (unpaired) electrons. The highest BCUT2D eigenvalue weighted by molar-refractivity contribution is 9.10. The van der Waals surface area contributed by atoms with Gasteiger partial charge < -0.3 is 14.5 Å². The molecule has 3 heterocycles. The molecule has 138 valence electrons. The van der Waals surface area contributed by atoms with E-state index in [4.69, 9.17) is 9.15 Å². The van der Waals surface area contributed by atoms with E-state index in [1.165, 1.54) is 11.3 Å². The summed E-state index contributed by atoms with van der Waals surface area (Å²) in [5, 5.41) is 6.21. The first-order chi connectivity index (χ1) is 13.6. The molecule has 1 aliphatic heterocycles. The SMILES string of the molecule is O=C1O[C@H](Nc2nc(-c3cc4cc(Br)ccc4oc3=O)cs2)c2ccccc21. The Hall–Kier alpha value is -2.97. The van der Waals surface area contributed by atoms with E-state index >= 15 is 0 Å². The van der Waals surface area contributed by atoms with Crippen molar-refractivity contribution < 1.29 is 13.9 Å². The Morgan fingerprint density at radius 3 is 2.82 bits per heavy atom. The molecule has 5 rings (SSSR count). The summed E-state index contributed by atoms with van der Waals surface area (Å²) in [5.41, 5.74) is 2.24. The van der Waals surface area contributed by atoms with Gasteiger partial charge >= 0.3 is 11.6 Å². The van der Waals surface area contributed by atoms with Gasteiger partial charge in [0.25, 0.3) is 0 Å². The van der Waals surface area contributed by atoms with Gasteiger partial charge in [-0.1, -0.05) is 34.1 Å². The van der Waals surface area contributed by atoms with Crippen LogP contribution in [-0.2, 0) is 4.74 Å². The fourth-order valence-electron chi connectivity index (χ4n) is 3.10.